The van der Waals surface area contributed by atoms with Gasteiger partial charge in [-0.15, -0.1) is 24.0 Å². The van der Waals surface area contributed by atoms with Crippen molar-refractivity contribution in [1.29, 1.82) is 0 Å². The number of halogens is 3. The van der Waals surface area contributed by atoms with E-state index in [0.29, 0.717) is 19.6 Å². The van der Waals surface area contributed by atoms with Crippen LogP contribution < -0.4 is 10.1 Å². The molecule has 0 aliphatic heterocycles. The summed E-state index contributed by atoms with van der Waals surface area (Å²) in [4.78, 5) is 6.57. The van der Waals surface area contributed by atoms with E-state index in [1.807, 2.05) is 35.8 Å². The summed E-state index contributed by atoms with van der Waals surface area (Å²) in [6.45, 7) is 1.86. The summed E-state index contributed by atoms with van der Waals surface area (Å²) < 4.78 is 30.5. The summed E-state index contributed by atoms with van der Waals surface area (Å²) in [5.41, 5.74) is 0.974. The molecule has 0 radical (unpaired) electrons. The first kappa shape index (κ1) is 22.1. The second-order valence-corrected chi connectivity index (χ2v) is 5.38. The smallest absolute Gasteiger partial charge is 0.387 e. The molecular formula is C17H24F2IN5O. The SMILES string of the molecule is CCNC(=NCCn1cccn1)N(C)Cc1ccc(OC(F)F)cc1.I. The van der Waals surface area contributed by atoms with E-state index < -0.39 is 6.61 Å². The molecule has 0 saturated heterocycles. The van der Waals surface area contributed by atoms with Crippen LogP contribution in [-0.2, 0) is 13.1 Å². The van der Waals surface area contributed by atoms with Crippen LogP contribution in [-0.4, -0.2) is 47.4 Å². The van der Waals surface area contributed by atoms with Gasteiger partial charge in [0, 0.05) is 32.5 Å². The first-order chi connectivity index (χ1) is 12.1. The second kappa shape index (κ2) is 11.7. The van der Waals surface area contributed by atoms with Crippen LogP contribution in [0.15, 0.2) is 47.7 Å². The monoisotopic (exact) mass is 479 g/mol. The Labute approximate surface area is 169 Å². The maximum Gasteiger partial charge on any atom is 0.387 e. The van der Waals surface area contributed by atoms with E-state index >= 15 is 0 Å². The molecule has 0 amide bonds. The van der Waals surface area contributed by atoms with Crippen molar-refractivity contribution in [1.82, 2.24) is 20.0 Å². The lowest BCUT2D eigenvalue weighted by Crippen LogP contribution is -2.38. The Bertz CT molecular complexity index is 650. The Balaban J connectivity index is 0.00000338. The number of hydrogen-bond acceptors (Lipinski definition) is 3. The lowest BCUT2D eigenvalue weighted by Gasteiger charge is -2.22. The zero-order valence-corrected chi connectivity index (χ0v) is 17.1. The number of alkyl halides is 2. The number of aromatic nitrogens is 2. The number of hydrogen-bond donors (Lipinski definition) is 1. The van der Waals surface area contributed by atoms with Crippen LogP contribution in [0.5, 0.6) is 5.75 Å². The van der Waals surface area contributed by atoms with Crippen LogP contribution in [0.2, 0.25) is 0 Å². The minimum atomic E-state index is -2.81. The molecule has 1 heterocycles. The summed E-state index contributed by atoms with van der Waals surface area (Å²) in [6.07, 6.45) is 3.64. The summed E-state index contributed by atoms with van der Waals surface area (Å²) in [5.74, 6) is 0.934. The minimum Gasteiger partial charge on any atom is -0.435 e. The molecule has 6 nitrogen and oxygen atoms in total. The molecule has 9 heteroatoms. The van der Waals surface area contributed by atoms with Crippen LogP contribution >= 0.6 is 24.0 Å². The second-order valence-electron chi connectivity index (χ2n) is 5.38. The van der Waals surface area contributed by atoms with Crippen molar-refractivity contribution in [3.63, 3.8) is 0 Å². The third-order valence-corrected chi connectivity index (χ3v) is 3.41. The van der Waals surface area contributed by atoms with Crippen LogP contribution in [0.25, 0.3) is 0 Å². The van der Waals surface area contributed by atoms with Gasteiger partial charge in [0.15, 0.2) is 5.96 Å². The first-order valence-corrected chi connectivity index (χ1v) is 8.09. The predicted molar refractivity (Wildman–Crippen MR) is 108 cm³/mol. The molecule has 0 atom stereocenters. The van der Waals surface area contributed by atoms with Crippen molar-refractivity contribution in [2.45, 2.75) is 26.6 Å². The van der Waals surface area contributed by atoms with Gasteiger partial charge in [0.1, 0.15) is 5.75 Å². The molecule has 144 valence electrons. The fraction of sp³-hybridized carbons (Fsp3) is 0.412. The molecule has 0 unspecified atom stereocenters. The highest BCUT2D eigenvalue weighted by Crippen LogP contribution is 2.15. The molecule has 0 fully saturated rings. The number of guanidine groups is 1. The Hall–Kier alpha value is -1.91. The van der Waals surface area contributed by atoms with E-state index in [1.165, 1.54) is 12.1 Å². The molecule has 0 saturated carbocycles. The number of aliphatic imine (C=N–C) groups is 1. The average Bonchev–Trinajstić information content (AvgIpc) is 3.09. The molecular weight excluding hydrogens is 455 g/mol. The molecule has 0 aliphatic rings. The molecule has 1 aromatic heterocycles. The molecule has 0 aliphatic carbocycles. The van der Waals surface area contributed by atoms with Crippen molar-refractivity contribution in [2.24, 2.45) is 4.99 Å². The van der Waals surface area contributed by atoms with E-state index in [-0.39, 0.29) is 29.7 Å². The Morgan fingerprint density at radius 2 is 2.08 bits per heavy atom. The quantitative estimate of drug-likeness (QED) is 0.359. The zero-order chi connectivity index (χ0) is 18.1. The molecule has 1 aromatic carbocycles. The summed E-state index contributed by atoms with van der Waals surface area (Å²) in [6, 6.07) is 8.49. The van der Waals surface area contributed by atoms with Gasteiger partial charge in [-0.1, -0.05) is 12.1 Å². The summed E-state index contributed by atoms with van der Waals surface area (Å²) >= 11 is 0. The zero-order valence-electron chi connectivity index (χ0n) is 14.8. The maximum atomic E-state index is 12.2. The fourth-order valence-corrected chi connectivity index (χ4v) is 2.29. The number of ether oxygens (including phenoxy) is 1. The van der Waals surface area contributed by atoms with E-state index in [2.05, 4.69) is 20.1 Å². The van der Waals surface area contributed by atoms with Crippen LogP contribution in [0.4, 0.5) is 8.78 Å². The van der Waals surface area contributed by atoms with Gasteiger partial charge >= 0.3 is 6.61 Å². The Morgan fingerprint density at radius 3 is 2.65 bits per heavy atom. The van der Waals surface area contributed by atoms with E-state index in [9.17, 15) is 8.78 Å². The molecule has 1 N–H and O–H groups in total. The van der Waals surface area contributed by atoms with E-state index in [0.717, 1.165) is 18.1 Å². The number of benzene rings is 1. The van der Waals surface area contributed by atoms with Crippen LogP contribution in [0.3, 0.4) is 0 Å². The van der Waals surface area contributed by atoms with Gasteiger partial charge in [-0.3, -0.25) is 9.67 Å². The van der Waals surface area contributed by atoms with Gasteiger partial charge < -0.3 is 15.0 Å². The highest BCUT2D eigenvalue weighted by molar-refractivity contribution is 14.0. The van der Waals surface area contributed by atoms with E-state index in [1.54, 1.807) is 18.3 Å². The lowest BCUT2D eigenvalue weighted by molar-refractivity contribution is -0.0498. The topological polar surface area (TPSA) is 54.7 Å². The average molecular weight is 479 g/mol. The van der Waals surface area contributed by atoms with Crippen molar-refractivity contribution in [3.8, 4) is 5.75 Å². The van der Waals surface area contributed by atoms with Crippen LogP contribution in [0.1, 0.15) is 12.5 Å². The van der Waals surface area contributed by atoms with Crippen molar-refractivity contribution < 1.29 is 13.5 Å². The Kier molecular flexibility index (Phi) is 9.92. The predicted octanol–water partition coefficient (Wildman–Crippen LogP) is 3.20. The largest absolute Gasteiger partial charge is 0.435 e. The molecule has 0 spiro atoms. The first-order valence-electron chi connectivity index (χ1n) is 8.09. The van der Waals surface area contributed by atoms with Crippen molar-refractivity contribution >= 4 is 29.9 Å². The van der Waals surface area contributed by atoms with Gasteiger partial charge in [-0.25, -0.2) is 0 Å². The van der Waals surface area contributed by atoms with Gasteiger partial charge in [0.25, 0.3) is 0 Å². The fourth-order valence-electron chi connectivity index (χ4n) is 2.29. The van der Waals surface area contributed by atoms with Gasteiger partial charge in [-0.2, -0.15) is 13.9 Å². The third-order valence-electron chi connectivity index (χ3n) is 3.41. The third kappa shape index (κ3) is 7.54. The van der Waals surface area contributed by atoms with Crippen molar-refractivity contribution in [3.05, 3.63) is 48.3 Å². The highest BCUT2D eigenvalue weighted by Gasteiger charge is 2.08. The van der Waals surface area contributed by atoms with Gasteiger partial charge in [-0.05, 0) is 30.7 Å². The van der Waals surface area contributed by atoms with Gasteiger partial charge in [0.2, 0.25) is 0 Å². The van der Waals surface area contributed by atoms with E-state index in [4.69, 9.17) is 0 Å². The molecule has 2 aromatic rings. The van der Waals surface area contributed by atoms with Crippen LogP contribution in [0, 0.1) is 0 Å². The minimum absolute atomic E-state index is 0. The molecule has 26 heavy (non-hydrogen) atoms. The Morgan fingerprint density at radius 1 is 1.35 bits per heavy atom. The summed E-state index contributed by atoms with van der Waals surface area (Å²) in [7, 11) is 1.93. The standard InChI is InChI=1S/C17H23F2N5O.HI/c1-3-20-17(21-10-12-24-11-4-9-22-24)23(2)13-14-5-7-15(8-6-14)25-16(18)19;/h4-9,11,16H,3,10,12-13H2,1-2H3,(H,20,21);1H. The summed E-state index contributed by atoms with van der Waals surface area (Å²) in [5, 5.41) is 7.39. The number of nitrogens with one attached hydrogen (secondary N) is 1. The number of rotatable bonds is 8. The van der Waals surface area contributed by atoms with Gasteiger partial charge in [0.05, 0.1) is 13.1 Å². The normalized spacial score (nSPS) is 11.2. The molecule has 2 rings (SSSR count). The maximum absolute atomic E-state index is 12.2. The molecule has 0 bridgehead atoms. The van der Waals surface area contributed by atoms with Crippen molar-refractivity contribution in [2.75, 3.05) is 20.1 Å². The number of nitrogens with zero attached hydrogens (tertiary/aromatic N) is 4. The lowest BCUT2D eigenvalue weighted by atomic mass is 10.2. The highest BCUT2D eigenvalue weighted by atomic mass is 127.